The van der Waals surface area contributed by atoms with Gasteiger partial charge in [0.05, 0.1) is 29.7 Å². The van der Waals surface area contributed by atoms with Crippen molar-refractivity contribution in [1.29, 1.82) is 0 Å². The van der Waals surface area contributed by atoms with Crippen LogP contribution in [0.25, 0.3) is 10.6 Å². The highest BCUT2D eigenvalue weighted by Gasteiger charge is 2.42. The molecule has 0 radical (unpaired) electrons. The largest absolute Gasteiger partial charge is 0.455 e. The summed E-state index contributed by atoms with van der Waals surface area (Å²) >= 11 is 1.49. The van der Waals surface area contributed by atoms with Crippen molar-refractivity contribution in [2.45, 2.75) is 72.2 Å². The molecular weight excluding hydrogens is 474 g/mol. The fraction of sp³-hybridized carbons (Fsp3) is 0.483. The highest BCUT2D eigenvalue weighted by Crippen LogP contribution is 2.33. The molecule has 1 aliphatic heterocycles. The minimum Gasteiger partial charge on any atom is -0.455 e. The number of carbonyl (C=O) groups is 2. The van der Waals surface area contributed by atoms with Gasteiger partial charge in [-0.3, -0.25) is 9.59 Å². The van der Waals surface area contributed by atoms with E-state index in [2.05, 4.69) is 0 Å². The Morgan fingerprint density at radius 3 is 2.50 bits per heavy atom. The molecule has 3 rings (SSSR count). The van der Waals surface area contributed by atoms with Gasteiger partial charge in [-0.2, -0.15) is 0 Å². The van der Waals surface area contributed by atoms with Crippen LogP contribution in [0.5, 0.6) is 0 Å². The molecule has 6 nitrogen and oxygen atoms in total. The average Bonchev–Trinajstić information content (AvgIpc) is 3.35. The second-order valence-electron chi connectivity index (χ2n) is 10.3. The molecule has 194 valence electrons. The van der Waals surface area contributed by atoms with Crippen molar-refractivity contribution in [3.63, 3.8) is 0 Å². The van der Waals surface area contributed by atoms with E-state index in [1.54, 1.807) is 20.8 Å². The van der Waals surface area contributed by atoms with Crippen LogP contribution in [0.1, 0.15) is 65.7 Å². The number of aromatic nitrogens is 1. The second kappa shape index (κ2) is 12.1. The van der Waals surface area contributed by atoms with Gasteiger partial charge in [0.15, 0.2) is 0 Å². The smallest absolute Gasteiger partial charge is 0.309 e. The number of cyclic esters (lactones) is 1. The average molecular weight is 512 g/mol. The maximum atomic E-state index is 13.2. The highest BCUT2D eigenvalue weighted by molar-refractivity contribution is 7.13. The molecule has 5 atom stereocenters. The summed E-state index contributed by atoms with van der Waals surface area (Å²) in [4.78, 5) is 30.8. The molecular formula is C29H37NO5S. The number of allylic oxidation sites excluding steroid dienone is 2. The molecule has 0 bridgehead atoms. The summed E-state index contributed by atoms with van der Waals surface area (Å²) in [5, 5.41) is 24.3. The predicted molar refractivity (Wildman–Crippen MR) is 142 cm³/mol. The van der Waals surface area contributed by atoms with Crippen molar-refractivity contribution in [3.8, 4) is 10.6 Å². The quantitative estimate of drug-likeness (QED) is 0.398. The van der Waals surface area contributed by atoms with E-state index in [0.29, 0.717) is 18.5 Å². The van der Waals surface area contributed by atoms with E-state index >= 15 is 0 Å². The van der Waals surface area contributed by atoms with E-state index < -0.39 is 35.6 Å². The third-order valence-electron chi connectivity index (χ3n) is 7.00. The van der Waals surface area contributed by atoms with Gasteiger partial charge in [-0.1, -0.05) is 81.8 Å². The van der Waals surface area contributed by atoms with Crippen LogP contribution in [0.3, 0.4) is 0 Å². The third kappa shape index (κ3) is 6.78. The van der Waals surface area contributed by atoms with E-state index in [1.165, 1.54) is 11.3 Å². The van der Waals surface area contributed by atoms with Crippen LogP contribution in [0.4, 0.5) is 0 Å². The van der Waals surface area contributed by atoms with Crippen molar-refractivity contribution in [3.05, 3.63) is 65.2 Å². The maximum Gasteiger partial charge on any atom is 0.309 e. The zero-order valence-corrected chi connectivity index (χ0v) is 22.5. The number of hydrogen-bond donors (Lipinski definition) is 2. The molecule has 1 unspecified atom stereocenters. The first kappa shape index (κ1) is 28.0. The number of thiazole rings is 1. The summed E-state index contributed by atoms with van der Waals surface area (Å²) in [5.41, 5.74) is 1.51. The second-order valence-corrected chi connectivity index (χ2v) is 11.1. The minimum absolute atomic E-state index is 0.235. The third-order valence-corrected chi connectivity index (χ3v) is 7.91. The number of esters is 1. The van der Waals surface area contributed by atoms with E-state index in [0.717, 1.165) is 16.1 Å². The van der Waals surface area contributed by atoms with Crippen molar-refractivity contribution >= 4 is 23.1 Å². The summed E-state index contributed by atoms with van der Waals surface area (Å²) in [6, 6.07) is 9.82. The van der Waals surface area contributed by atoms with E-state index in [1.807, 2.05) is 67.8 Å². The Labute approximate surface area is 217 Å². The molecule has 0 saturated carbocycles. The van der Waals surface area contributed by atoms with Gasteiger partial charge < -0.3 is 14.9 Å². The summed E-state index contributed by atoms with van der Waals surface area (Å²) in [6.07, 6.45) is 3.98. The number of benzene rings is 1. The fourth-order valence-corrected chi connectivity index (χ4v) is 5.20. The molecule has 2 N–H and O–H groups in total. The molecule has 1 aromatic carbocycles. The lowest BCUT2D eigenvalue weighted by atomic mass is 9.73. The predicted octanol–water partition coefficient (Wildman–Crippen LogP) is 5.67. The Balaban J connectivity index is 1.91. The molecule has 0 aliphatic carbocycles. The molecule has 0 saturated heterocycles. The van der Waals surface area contributed by atoms with Gasteiger partial charge in [0.25, 0.3) is 0 Å². The number of nitrogens with zero attached hydrogens (tertiary/aromatic N) is 1. The monoisotopic (exact) mass is 511 g/mol. The van der Waals surface area contributed by atoms with Gasteiger partial charge in [0.1, 0.15) is 16.9 Å². The summed E-state index contributed by atoms with van der Waals surface area (Å²) in [6.45, 7) is 8.76. The van der Waals surface area contributed by atoms with Crippen molar-refractivity contribution in [2.24, 2.45) is 17.3 Å². The highest BCUT2D eigenvalue weighted by atomic mass is 32.1. The number of ether oxygens (including phenoxy) is 1. The Morgan fingerprint density at radius 2 is 1.81 bits per heavy atom. The van der Waals surface area contributed by atoms with Crippen LogP contribution in [-0.4, -0.2) is 39.2 Å². The molecule has 0 fully saturated rings. The minimum atomic E-state index is -1.25. The number of hydrogen-bond acceptors (Lipinski definition) is 7. The molecule has 2 heterocycles. The number of carbonyl (C=O) groups excluding carboxylic acids is 2. The van der Waals surface area contributed by atoms with Crippen LogP contribution < -0.4 is 0 Å². The van der Waals surface area contributed by atoms with Crippen LogP contribution >= 0.6 is 11.3 Å². The van der Waals surface area contributed by atoms with Crippen LogP contribution in [0.15, 0.2) is 59.5 Å². The summed E-state index contributed by atoms with van der Waals surface area (Å²) < 4.78 is 5.82. The fourth-order valence-electron chi connectivity index (χ4n) is 4.33. The molecule has 36 heavy (non-hydrogen) atoms. The first-order valence-electron chi connectivity index (χ1n) is 12.4. The SMILES string of the molecule is C/C1=C/C[C@@H](c2csc(-c3ccccc3)n2)OC(=O)C[C@H](O)C(C)(C)C(=O)[C@H](C)C(O)[C@@H](C)/C=C/C1. The lowest BCUT2D eigenvalue weighted by Crippen LogP contribution is -2.45. The molecule has 1 aliphatic rings. The van der Waals surface area contributed by atoms with E-state index in [4.69, 9.17) is 9.72 Å². The van der Waals surface area contributed by atoms with E-state index in [-0.39, 0.29) is 18.1 Å². The first-order valence-corrected chi connectivity index (χ1v) is 13.3. The first-order chi connectivity index (χ1) is 17.0. The number of ketones is 1. The Hall–Kier alpha value is -2.61. The Bertz CT molecular complexity index is 1100. The van der Waals surface area contributed by atoms with Crippen molar-refractivity contribution in [1.82, 2.24) is 4.98 Å². The molecule has 0 spiro atoms. The van der Waals surface area contributed by atoms with Crippen LogP contribution in [-0.2, 0) is 14.3 Å². The molecule has 2 aromatic rings. The van der Waals surface area contributed by atoms with Gasteiger partial charge in [0, 0.05) is 29.2 Å². The number of aliphatic hydroxyl groups is 2. The van der Waals surface area contributed by atoms with Gasteiger partial charge >= 0.3 is 5.97 Å². The Morgan fingerprint density at radius 1 is 1.11 bits per heavy atom. The van der Waals surface area contributed by atoms with Crippen LogP contribution in [0, 0.1) is 17.3 Å². The number of rotatable bonds is 2. The van der Waals surface area contributed by atoms with Gasteiger partial charge in [-0.15, -0.1) is 11.3 Å². The zero-order valence-electron chi connectivity index (χ0n) is 21.7. The molecule has 0 amide bonds. The van der Waals surface area contributed by atoms with Crippen molar-refractivity contribution < 1.29 is 24.5 Å². The maximum absolute atomic E-state index is 13.2. The number of Topliss-reactive ketones (excluding diaryl/α,β-unsaturated/α-hetero) is 1. The summed E-state index contributed by atoms with van der Waals surface area (Å²) in [5.74, 6) is -1.82. The molecule has 7 heteroatoms. The molecule has 1 aromatic heterocycles. The topological polar surface area (TPSA) is 96.7 Å². The normalized spacial score (nSPS) is 30.8. The number of aliphatic hydroxyl groups excluding tert-OH is 2. The van der Waals surface area contributed by atoms with Crippen molar-refractivity contribution in [2.75, 3.05) is 0 Å². The van der Waals surface area contributed by atoms with Crippen LogP contribution in [0.2, 0.25) is 0 Å². The van der Waals surface area contributed by atoms with E-state index in [9.17, 15) is 19.8 Å². The lowest BCUT2D eigenvalue weighted by molar-refractivity contribution is -0.156. The van der Waals surface area contributed by atoms with Gasteiger partial charge in [-0.25, -0.2) is 4.98 Å². The Kier molecular flexibility index (Phi) is 9.39. The standard InChI is InChI=1S/C29H37NO5S/c1-18-10-9-11-19(2)26(33)20(3)27(34)29(4,5)24(31)16-25(32)35-23(15-14-18)22-17-36-28(30-22)21-12-7-6-8-13-21/h6-9,11-14,17,19-20,23-24,26,31,33H,10,15-16H2,1-5H3/b11-9+,18-14-/t19-,20+,23-,24-,26?/m0/s1. The van der Waals surface area contributed by atoms with Gasteiger partial charge in [-0.05, 0) is 13.3 Å². The lowest BCUT2D eigenvalue weighted by Gasteiger charge is -2.34. The van der Waals surface area contributed by atoms with Gasteiger partial charge in [0.2, 0.25) is 0 Å². The summed E-state index contributed by atoms with van der Waals surface area (Å²) in [7, 11) is 0. The zero-order chi connectivity index (χ0) is 26.5.